The molecule has 1 N–H and O–H groups in total. The molecule has 0 fully saturated rings. The first kappa shape index (κ1) is 17.5. The number of nitriles is 1. The van der Waals surface area contributed by atoms with Crippen LogP contribution in [0.5, 0.6) is 5.75 Å². The van der Waals surface area contributed by atoms with E-state index < -0.39 is 5.91 Å². The summed E-state index contributed by atoms with van der Waals surface area (Å²) in [7, 11) is 1.64. The third-order valence-electron chi connectivity index (χ3n) is 3.65. The lowest BCUT2D eigenvalue weighted by Gasteiger charge is -2.09. The van der Waals surface area contributed by atoms with Crippen molar-refractivity contribution in [1.82, 2.24) is 19.6 Å². The zero-order chi connectivity index (χ0) is 18.7. The summed E-state index contributed by atoms with van der Waals surface area (Å²) < 4.78 is 8.60. The number of benzene rings is 1. The van der Waals surface area contributed by atoms with Crippen LogP contribution in [0.4, 0.5) is 5.82 Å². The van der Waals surface area contributed by atoms with Gasteiger partial charge in [0.05, 0.1) is 6.20 Å². The van der Waals surface area contributed by atoms with Gasteiger partial charge < -0.3 is 10.1 Å². The first-order chi connectivity index (χ1) is 12.5. The van der Waals surface area contributed by atoms with Gasteiger partial charge in [-0.2, -0.15) is 15.5 Å². The average molecular weight is 371 g/mol. The highest BCUT2D eigenvalue weighted by Gasteiger charge is 2.15. The molecule has 0 aliphatic heterocycles. The maximum atomic E-state index is 12.3. The predicted molar refractivity (Wildman–Crippen MR) is 94.9 cm³/mol. The molecular weight excluding hydrogens is 356 g/mol. The Labute approximate surface area is 154 Å². The van der Waals surface area contributed by atoms with Crippen molar-refractivity contribution in [1.29, 1.82) is 5.26 Å². The lowest BCUT2D eigenvalue weighted by molar-refractivity contribution is 0.101. The number of amides is 1. The Balaban J connectivity index is 1.66. The van der Waals surface area contributed by atoms with Crippen LogP contribution in [0, 0.1) is 18.3 Å². The molecule has 8 nitrogen and oxygen atoms in total. The number of halogens is 1. The van der Waals surface area contributed by atoms with Gasteiger partial charge in [0.1, 0.15) is 23.2 Å². The van der Waals surface area contributed by atoms with E-state index in [9.17, 15) is 4.79 Å². The zero-order valence-corrected chi connectivity index (χ0v) is 14.9. The molecule has 1 amide bonds. The van der Waals surface area contributed by atoms with E-state index in [1.807, 2.05) is 13.0 Å². The maximum Gasteiger partial charge on any atom is 0.277 e. The first-order valence-electron chi connectivity index (χ1n) is 7.64. The van der Waals surface area contributed by atoms with Crippen molar-refractivity contribution in [2.24, 2.45) is 7.05 Å². The molecule has 0 aliphatic rings. The molecule has 3 aromatic rings. The molecule has 0 aliphatic carbocycles. The molecule has 0 spiro atoms. The number of nitrogens with one attached hydrogen (secondary N) is 1. The number of hydrogen-bond donors (Lipinski definition) is 1. The van der Waals surface area contributed by atoms with E-state index >= 15 is 0 Å². The number of rotatable bonds is 5. The molecule has 1 aromatic carbocycles. The highest BCUT2D eigenvalue weighted by atomic mass is 35.5. The molecule has 0 atom stereocenters. The van der Waals surface area contributed by atoms with E-state index in [4.69, 9.17) is 21.6 Å². The number of carbonyl (C=O) groups excluding carboxylic acids is 1. The molecule has 132 valence electrons. The number of nitrogens with zero attached hydrogens (tertiary/aromatic N) is 5. The fourth-order valence-corrected chi connectivity index (χ4v) is 2.53. The SMILES string of the molecule is Cc1cc(Cl)ccc1OCn1ccc(C(=O)Nc2c(C#N)cnn2C)n1. The van der Waals surface area contributed by atoms with Gasteiger partial charge in [0.25, 0.3) is 5.91 Å². The normalized spacial score (nSPS) is 10.4. The van der Waals surface area contributed by atoms with Gasteiger partial charge in [-0.1, -0.05) is 11.6 Å². The topological polar surface area (TPSA) is 97.8 Å². The Morgan fingerprint density at radius 2 is 2.23 bits per heavy atom. The molecule has 0 unspecified atom stereocenters. The summed E-state index contributed by atoms with van der Waals surface area (Å²) in [5, 5.41) is 20.4. The largest absolute Gasteiger partial charge is 0.471 e. The molecular formula is C17H15ClN6O2. The number of aromatic nitrogens is 4. The van der Waals surface area contributed by atoms with E-state index in [0.29, 0.717) is 16.6 Å². The van der Waals surface area contributed by atoms with Crippen LogP contribution in [-0.4, -0.2) is 25.5 Å². The molecule has 9 heteroatoms. The van der Waals surface area contributed by atoms with Crippen LogP contribution in [0.15, 0.2) is 36.7 Å². The molecule has 0 saturated carbocycles. The lowest BCUT2D eigenvalue weighted by Crippen LogP contribution is -2.17. The number of hydrogen-bond acceptors (Lipinski definition) is 5. The van der Waals surface area contributed by atoms with Crippen LogP contribution in [0.2, 0.25) is 5.02 Å². The average Bonchev–Trinajstić information content (AvgIpc) is 3.22. The van der Waals surface area contributed by atoms with Gasteiger partial charge >= 0.3 is 0 Å². The predicted octanol–water partition coefficient (Wildman–Crippen LogP) is 2.74. The third-order valence-corrected chi connectivity index (χ3v) is 3.89. The smallest absolute Gasteiger partial charge is 0.277 e. The van der Waals surface area contributed by atoms with E-state index in [2.05, 4.69) is 15.5 Å². The third kappa shape index (κ3) is 3.68. The Morgan fingerprint density at radius 1 is 1.42 bits per heavy atom. The summed E-state index contributed by atoms with van der Waals surface area (Å²) in [5.41, 5.74) is 1.39. The number of aryl methyl sites for hydroxylation is 2. The van der Waals surface area contributed by atoms with Crippen molar-refractivity contribution in [2.45, 2.75) is 13.7 Å². The summed E-state index contributed by atoms with van der Waals surface area (Å²) in [6.07, 6.45) is 3.02. The zero-order valence-electron chi connectivity index (χ0n) is 14.1. The van der Waals surface area contributed by atoms with Crippen molar-refractivity contribution < 1.29 is 9.53 Å². The van der Waals surface area contributed by atoms with Gasteiger partial charge in [0, 0.05) is 18.3 Å². The van der Waals surface area contributed by atoms with Gasteiger partial charge in [0.15, 0.2) is 12.4 Å². The standard InChI is InChI=1S/C17H15ClN6O2/c1-11-7-13(18)3-4-15(11)26-10-24-6-5-14(22-24)17(25)21-16-12(8-19)9-20-23(16)2/h3-7,9H,10H2,1-2H3,(H,21,25). The quantitative estimate of drug-likeness (QED) is 0.744. The van der Waals surface area contributed by atoms with Crippen LogP contribution in [0.25, 0.3) is 0 Å². The van der Waals surface area contributed by atoms with Crippen LogP contribution in [0.1, 0.15) is 21.6 Å². The molecule has 0 bridgehead atoms. The second-order valence-electron chi connectivity index (χ2n) is 5.52. The Morgan fingerprint density at radius 3 is 2.96 bits per heavy atom. The summed E-state index contributed by atoms with van der Waals surface area (Å²) in [6.45, 7) is 2.04. The van der Waals surface area contributed by atoms with Crippen LogP contribution in [0.3, 0.4) is 0 Å². The molecule has 3 rings (SSSR count). The number of carbonyl (C=O) groups is 1. The molecule has 2 aromatic heterocycles. The van der Waals surface area contributed by atoms with Crippen LogP contribution < -0.4 is 10.1 Å². The van der Waals surface area contributed by atoms with Gasteiger partial charge in [-0.15, -0.1) is 0 Å². The maximum absolute atomic E-state index is 12.3. The second kappa shape index (κ2) is 7.29. The highest BCUT2D eigenvalue weighted by molar-refractivity contribution is 6.30. The Hall–Kier alpha value is -3.31. The first-order valence-corrected chi connectivity index (χ1v) is 8.01. The van der Waals surface area contributed by atoms with Crippen molar-refractivity contribution in [3.63, 3.8) is 0 Å². The van der Waals surface area contributed by atoms with E-state index in [0.717, 1.165) is 5.56 Å². The molecule has 2 heterocycles. The van der Waals surface area contributed by atoms with Gasteiger partial charge in [0.2, 0.25) is 0 Å². The van der Waals surface area contributed by atoms with Gasteiger partial charge in [-0.25, -0.2) is 4.68 Å². The molecule has 0 radical (unpaired) electrons. The van der Waals surface area contributed by atoms with Crippen molar-refractivity contribution >= 4 is 23.3 Å². The summed E-state index contributed by atoms with van der Waals surface area (Å²) in [4.78, 5) is 12.3. The van der Waals surface area contributed by atoms with Crippen LogP contribution >= 0.6 is 11.6 Å². The summed E-state index contributed by atoms with van der Waals surface area (Å²) >= 11 is 5.92. The van der Waals surface area contributed by atoms with E-state index in [-0.39, 0.29) is 18.0 Å². The van der Waals surface area contributed by atoms with Crippen molar-refractivity contribution in [3.8, 4) is 11.8 Å². The summed E-state index contributed by atoms with van der Waals surface area (Å²) in [6, 6.07) is 8.86. The minimum absolute atomic E-state index is 0.144. The Kier molecular flexibility index (Phi) is 4.91. The number of anilines is 1. The fourth-order valence-electron chi connectivity index (χ4n) is 2.30. The number of ether oxygens (including phenoxy) is 1. The lowest BCUT2D eigenvalue weighted by atomic mass is 10.2. The molecule has 26 heavy (non-hydrogen) atoms. The van der Waals surface area contributed by atoms with Gasteiger partial charge in [-0.05, 0) is 36.8 Å². The van der Waals surface area contributed by atoms with Crippen molar-refractivity contribution in [3.05, 3.63) is 58.5 Å². The van der Waals surface area contributed by atoms with Crippen LogP contribution in [-0.2, 0) is 13.8 Å². The minimum atomic E-state index is -0.438. The minimum Gasteiger partial charge on any atom is -0.471 e. The second-order valence-corrected chi connectivity index (χ2v) is 5.96. The van der Waals surface area contributed by atoms with E-state index in [1.165, 1.54) is 15.6 Å². The van der Waals surface area contributed by atoms with Crippen molar-refractivity contribution in [2.75, 3.05) is 5.32 Å². The summed E-state index contributed by atoms with van der Waals surface area (Å²) in [5.74, 6) is 0.566. The van der Waals surface area contributed by atoms with Gasteiger partial charge in [-0.3, -0.25) is 9.48 Å². The molecule has 0 saturated heterocycles. The highest BCUT2D eigenvalue weighted by Crippen LogP contribution is 2.22. The Bertz CT molecular complexity index is 1000. The van der Waals surface area contributed by atoms with E-state index in [1.54, 1.807) is 37.5 Å². The monoisotopic (exact) mass is 370 g/mol. The fraction of sp³-hybridized carbons (Fsp3) is 0.176.